The normalized spacial score (nSPS) is 10.1. The third-order valence-electron chi connectivity index (χ3n) is 4.61. The lowest BCUT2D eigenvalue weighted by molar-refractivity contribution is -0.141. The van der Waals surface area contributed by atoms with Gasteiger partial charge in [-0.1, -0.05) is 37.4 Å². The highest BCUT2D eigenvalue weighted by Crippen LogP contribution is 2.21. The summed E-state index contributed by atoms with van der Waals surface area (Å²) >= 11 is 0. The number of amides is 2. The molecule has 0 unspecified atom stereocenters. The Bertz CT molecular complexity index is 963. The summed E-state index contributed by atoms with van der Waals surface area (Å²) in [4.78, 5) is 39.2. The molecule has 0 N–H and O–H groups in total. The second kappa shape index (κ2) is 10.9. The summed E-state index contributed by atoms with van der Waals surface area (Å²) in [5.41, 5.74) is 3.45. The molecule has 0 saturated heterocycles. The molecule has 0 radical (unpaired) electrons. The van der Waals surface area contributed by atoms with E-state index >= 15 is 0 Å². The van der Waals surface area contributed by atoms with Crippen molar-refractivity contribution in [3.63, 3.8) is 0 Å². The minimum atomic E-state index is -0.464. The van der Waals surface area contributed by atoms with Gasteiger partial charge in [0.25, 0.3) is 0 Å². The lowest BCUT2D eigenvalue weighted by atomic mass is 10.2. The summed E-state index contributed by atoms with van der Waals surface area (Å²) in [5, 5.41) is 0. The van der Waals surface area contributed by atoms with E-state index < -0.39 is 11.9 Å². The van der Waals surface area contributed by atoms with Crippen LogP contribution in [0.2, 0.25) is 0 Å². The number of ether oxygens (including phenoxy) is 2. The van der Waals surface area contributed by atoms with Crippen LogP contribution in [0.15, 0.2) is 72.8 Å². The molecule has 0 atom stereocenters. The molecule has 0 saturated carbocycles. The first-order valence-corrected chi connectivity index (χ1v) is 9.94. The molecular formula is C25H28N2O5. The molecule has 2 rings (SSSR count). The second-order valence-electron chi connectivity index (χ2n) is 7.45. The quantitative estimate of drug-likeness (QED) is 0.446. The summed E-state index contributed by atoms with van der Waals surface area (Å²) in [5.74, 6) is -0.929. The van der Waals surface area contributed by atoms with Crippen molar-refractivity contribution >= 4 is 29.3 Å². The van der Waals surface area contributed by atoms with Gasteiger partial charge in [-0.3, -0.25) is 9.80 Å². The number of esters is 2. The van der Waals surface area contributed by atoms with Gasteiger partial charge < -0.3 is 9.47 Å². The number of urea groups is 1. The third kappa shape index (κ3) is 6.57. The Morgan fingerprint density at radius 3 is 1.47 bits per heavy atom. The topological polar surface area (TPSA) is 76.2 Å². The van der Waals surface area contributed by atoms with Gasteiger partial charge in [0.2, 0.25) is 0 Å². The maximum atomic E-state index is 13.0. The predicted octanol–water partition coefficient (Wildman–Crippen LogP) is 4.62. The number of nitrogens with zero attached hydrogens (tertiary/aromatic N) is 2. The van der Waals surface area contributed by atoms with Crippen LogP contribution in [-0.4, -0.2) is 32.1 Å². The molecule has 0 spiro atoms. The van der Waals surface area contributed by atoms with Crippen molar-refractivity contribution in [1.82, 2.24) is 0 Å². The fourth-order valence-electron chi connectivity index (χ4n) is 2.70. The molecule has 0 aromatic heterocycles. The lowest BCUT2D eigenvalue weighted by Gasteiger charge is -2.25. The highest BCUT2D eigenvalue weighted by atomic mass is 16.5. The molecule has 7 heteroatoms. The van der Waals surface area contributed by atoms with Gasteiger partial charge >= 0.3 is 18.0 Å². The van der Waals surface area contributed by atoms with E-state index in [1.165, 1.54) is 9.80 Å². The molecule has 2 aromatic rings. The summed E-state index contributed by atoms with van der Waals surface area (Å²) in [7, 11) is 3.33. The molecule has 2 aromatic carbocycles. The van der Waals surface area contributed by atoms with Crippen molar-refractivity contribution in [1.29, 1.82) is 0 Å². The van der Waals surface area contributed by atoms with Crippen LogP contribution in [0.1, 0.15) is 25.0 Å². The first-order valence-electron chi connectivity index (χ1n) is 9.94. The Kier molecular flexibility index (Phi) is 8.35. The number of carbonyl (C=O) groups excluding carboxylic acids is 3. The van der Waals surface area contributed by atoms with E-state index in [1.807, 2.05) is 12.1 Å². The third-order valence-corrected chi connectivity index (χ3v) is 4.61. The van der Waals surface area contributed by atoms with E-state index in [-0.39, 0.29) is 19.2 Å². The highest BCUT2D eigenvalue weighted by Gasteiger charge is 2.18. The van der Waals surface area contributed by atoms with Crippen LogP contribution < -0.4 is 9.80 Å². The molecular weight excluding hydrogens is 408 g/mol. The van der Waals surface area contributed by atoms with Crippen molar-refractivity contribution in [3.8, 4) is 0 Å². The Morgan fingerprint density at radius 2 is 1.12 bits per heavy atom. The van der Waals surface area contributed by atoms with Crippen molar-refractivity contribution in [2.75, 3.05) is 23.9 Å². The van der Waals surface area contributed by atoms with Crippen LogP contribution in [0.5, 0.6) is 0 Å². The van der Waals surface area contributed by atoms with E-state index in [2.05, 4.69) is 13.2 Å². The lowest BCUT2D eigenvalue weighted by Crippen LogP contribution is -2.39. The molecule has 168 valence electrons. The van der Waals surface area contributed by atoms with E-state index in [9.17, 15) is 14.4 Å². The highest BCUT2D eigenvalue weighted by molar-refractivity contribution is 6.02. The van der Waals surface area contributed by atoms with Gasteiger partial charge in [0, 0.05) is 36.6 Å². The van der Waals surface area contributed by atoms with Crippen LogP contribution in [0.25, 0.3) is 0 Å². The Morgan fingerprint density at radius 1 is 0.750 bits per heavy atom. The van der Waals surface area contributed by atoms with Crippen LogP contribution in [0, 0.1) is 0 Å². The molecule has 32 heavy (non-hydrogen) atoms. The average Bonchev–Trinajstić information content (AvgIpc) is 2.79. The summed E-state index contributed by atoms with van der Waals surface area (Å²) < 4.78 is 10.4. The molecule has 0 bridgehead atoms. The second-order valence-corrected chi connectivity index (χ2v) is 7.45. The van der Waals surface area contributed by atoms with Gasteiger partial charge in [-0.25, -0.2) is 14.4 Å². The van der Waals surface area contributed by atoms with E-state index in [4.69, 9.17) is 9.47 Å². The van der Waals surface area contributed by atoms with E-state index in [0.717, 1.165) is 11.1 Å². The number of anilines is 2. The number of rotatable bonds is 8. The fourth-order valence-corrected chi connectivity index (χ4v) is 2.70. The number of benzene rings is 2. The van der Waals surface area contributed by atoms with Crippen molar-refractivity contribution < 1.29 is 23.9 Å². The molecule has 0 fully saturated rings. The Balaban J connectivity index is 2.09. The van der Waals surface area contributed by atoms with Gasteiger partial charge in [-0.05, 0) is 49.2 Å². The fraction of sp³-hybridized carbons (Fsp3) is 0.240. The van der Waals surface area contributed by atoms with Crippen LogP contribution in [-0.2, 0) is 32.3 Å². The molecule has 0 aliphatic rings. The van der Waals surface area contributed by atoms with Crippen LogP contribution >= 0.6 is 0 Å². The van der Waals surface area contributed by atoms with Crippen LogP contribution in [0.3, 0.4) is 0 Å². The molecule has 7 nitrogen and oxygen atoms in total. The monoisotopic (exact) mass is 436 g/mol. The number of hydrogen-bond acceptors (Lipinski definition) is 5. The van der Waals surface area contributed by atoms with Gasteiger partial charge in [0.05, 0.1) is 0 Å². The maximum Gasteiger partial charge on any atom is 0.333 e. The minimum Gasteiger partial charge on any atom is -0.457 e. The minimum absolute atomic E-state index is 0.0857. The Hall–Kier alpha value is -3.87. The van der Waals surface area contributed by atoms with Gasteiger partial charge in [0.15, 0.2) is 0 Å². The van der Waals surface area contributed by atoms with Crippen molar-refractivity contribution in [3.05, 3.63) is 84.0 Å². The Labute approximate surface area is 188 Å². The summed E-state index contributed by atoms with van der Waals surface area (Å²) in [6.45, 7) is 10.5. The molecule has 0 aliphatic carbocycles. The number of carbonyl (C=O) groups is 3. The largest absolute Gasteiger partial charge is 0.457 e. The standard InChI is InChI=1S/C25H28N2O5/c1-17(2)23(28)31-15-19-9-7-11-21(13-19)26(5)25(30)27(6)22-12-8-10-20(14-22)16-32-24(29)18(3)4/h7-14H,1,3,15-16H2,2,4-6H3. The zero-order valence-electron chi connectivity index (χ0n) is 18.9. The van der Waals surface area contributed by atoms with E-state index in [0.29, 0.717) is 22.5 Å². The predicted molar refractivity (Wildman–Crippen MR) is 124 cm³/mol. The molecule has 2 amide bonds. The van der Waals surface area contributed by atoms with Gasteiger partial charge in [-0.2, -0.15) is 0 Å². The summed E-state index contributed by atoms with van der Waals surface area (Å²) in [6, 6.07) is 14.1. The zero-order valence-corrected chi connectivity index (χ0v) is 18.9. The first-order chi connectivity index (χ1) is 15.1. The van der Waals surface area contributed by atoms with Crippen molar-refractivity contribution in [2.24, 2.45) is 0 Å². The summed E-state index contributed by atoms with van der Waals surface area (Å²) in [6.07, 6.45) is 0. The van der Waals surface area contributed by atoms with Gasteiger partial charge in [-0.15, -0.1) is 0 Å². The molecule has 0 heterocycles. The first kappa shape index (κ1) is 24.4. The molecule has 0 aliphatic heterocycles. The van der Waals surface area contributed by atoms with Crippen LogP contribution in [0.4, 0.5) is 16.2 Å². The SMILES string of the molecule is C=C(C)C(=O)OCc1cccc(N(C)C(=O)N(C)c2cccc(COC(=O)C(=C)C)c2)c1. The zero-order chi connectivity index (χ0) is 23.8. The maximum absolute atomic E-state index is 13.0. The average molecular weight is 437 g/mol. The van der Waals surface area contributed by atoms with Gasteiger partial charge in [0.1, 0.15) is 13.2 Å². The van der Waals surface area contributed by atoms with Crippen molar-refractivity contribution in [2.45, 2.75) is 27.1 Å². The van der Waals surface area contributed by atoms with E-state index in [1.54, 1.807) is 64.3 Å². The smallest absolute Gasteiger partial charge is 0.333 e. The number of hydrogen-bond donors (Lipinski definition) is 0.